The summed E-state index contributed by atoms with van der Waals surface area (Å²) in [7, 11) is 1.92. The molecule has 0 aliphatic carbocycles. The average Bonchev–Trinajstić information content (AvgIpc) is 3.28. The maximum atomic E-state index is 13.1. The maximum absolute atomic E-state index is 13.1. The summed E-state index contributed by atoms with van der Waals surface area (Å²) in [5.74, 6) is -0.0151. The summed E-state index contributed by atoms with van der Waals surface area (Å²) >= 11 is 3.04. The molecule has 2 aliphatic heterocycles. The summed E-state index contributed by atoms with van der Waals surface area (Å²) in [5.41, 5.74) is 5.01. The molecule has 0 N–H and O–H groups in total. The van der Waals surface area contributed by atoms with Crippen molar-refractivity contribution in [2.45, 2.75) is 19.8 Å². The molecule has 27 heavy (non-hydrogen) atoms. The van der Waals surface area contributed by atoms with Crippen LogP contribution in [0.4, 0.5) is 11.4 Å². The van der Waals surface area contributed by atoms with E-state index in [0.717, 1.165) is 29.0 Å². The van der Waals surface area contributed by atoms with Gasteiger partial charge in [-0.3, -0.25) is 0 Å². The third kappa shape index (κ3) is 3.45. The number of anilines is 2. The average molecular weight is 424 g/mol. The van der Waals surface area contributed by atoms with Gasteiger partial charge in [0.25, 0.3) is 0 Å². The first-order valence-electron chi connectivity index (χ1n) is 9.30. The molecule has 0 aromatic heterocycles. The number of rotatable bonds is 3. The fourth-order valence-corrected chi connectivity index (χ4v) is 4.19. The van der Waals surface area contributed by atoms with Crippen LogP contribution in [0.2, 0.25) is 0 Å². The SMILES string of the molecule is Cc1ccc(N2C(=O)C(=Cc3ccc(N4CCCC4)cc3)N(C)C2=[Se])cc1. The van der Waals surface area contributed by atoms with Crippen LogP contribution in [0, 0.1) is 6.92 Å². The number of hydrogen-bond acceptors (Lipinski definition) is 3. The molecule has 2 aromatic carbocycles. The van der Waals surface area contributed by atoms with E-state index in [4.69, 9.17) is 0 Å². The van der Waals surface area contributed by atoms with E-state index in [1.54, 1.807) is 4.90 Å². The standard InChI is InChI=1S/C22H23N3OSe/c1-16-5-9-19(10-6-16)25-21(26)20(23(2)22(25)27)15-17-7-11-18(12-8-17)24-13-3-4-14-24/h5-12,15H,3-4,13-14H2,1-2H3. The molecule has 4 rings (SSSR count). The van der Waals surface area contributed by atoms with E-state index in [0.29, 0.717) is 5.70 Å². The number of hydrogen-bond donors (Lipinski definition) is 0. The second kappa shape index (κ2) is 7.34. The first kappa shape index (κ1) is 18.0. The zero-order chi connectivity index (χ0) is 19.0. The van der Waals surface area contributed by atoms with Crippen molar-refractivity contribution in [3.05, 3.63) is 65.4 Å². The molecule has 4 nitrogen and oxygen atoms in total. The zero-order valence-electron chi connectivity index (χ0n) is 15.7. The van der Waals surface area contributed by atoms with Crippen LogP contribution in [0.5, 0.6) is 0 Å². The van der Waals surface area contributed by atoms with Crippen LogP contribution < -0.4 is 9.80 Å². The van der Waals surface area contributed by atoms with Gasteiger partial charge >= 0.3 is 168 Å². The quantitative estimate of drug-likeness (QED) is 0.560. The zero-order valence-corrected chi connectivity index (χ0v) is 17.4. The van der Waals surface area contributed by atoms with Gasteiger partial charge in [0.05, 0.1) is 0 Å². The summed E-state index contributed by atoms with van der Waals surface area (Å²) in [6.07, 6.45) is 4.50. The molecular formula is C22H23N3OSe. The molecule has 2 aliphatic rings. The minimum absolute atomic E-state index is 0.0151. The Morgan fingerprint density at radius 2 is 1.52 bits per heavy atom. The Morgan fingerprint density at radius 3 is 2.15 bits per heavy atom. The summed E-state index contributed by atoms with van der Waals surface area (Å²) in [4.78, 5) is 19.1. The Morgan fingerprint density at radius 1 is 0.926 bits per heavy atom. The molecule has 5 heteroatoms. The number of benzene rings is 2. The van der Waals surface area contributed by atoms with Gasteiger partial charge in [-0.25, -0.2) is 0 Å². The molecule has 0 spiro atoms. The van der Waals surface area contributed by atoms with Crippen LogP contribution in [0.1, 0.15) is 24.0 Å². The second-order valence-electron chi connectivity index (χ2n) is 7.13. The molecule has 0 radical (unpaired) electrons. The summed E-state index contributed by atoms with van der Waals surface area (Å²) in [5, 5.41) is 0. The van der Waals surface area contributed by atoms with Crippen LogP contribution in [-0.4, -0.2) is 51.2 Å². The predicted molar refractivity (Wildman–Crippen MR) is 113 cm³/mol. The Balaban J connectivity index is 1.60. The topological polar surface area (TPSA) is 26.8 Å². The van der Waals surface area contributed by atoms with E-state index in [1.165, 1.54) is 24.1 Å². The number of likely N-dealkylation sites (N-methyl/N-ethyl adjacent to an activating group) is 1. The van der Waals surface area contributed by atoms with Gasteiger partial charge in [0.2, 0.25) is 0 Å². The van der Waals surface area contributed by atoms with E-state index in [9.17, 15) is 4.79 Å². The van der Waals surface area contributed by atoms with Crippen molar-refractivity contribution in [2.24, 2.45) is 0 Å². The van der Waals surface area contributed by atoms with Crippen LogP contribution in [0.15, 0.2) is 54.2 Å². The number of carbonyl (C=O) groups is 1. The molecule has 2 saturated heterocycles. The van der Waals surface area contributed by atoms with Gasteiger partial charge in [-0.05, 0) is 0 Å². The van der Waals surface area contributed by atoms with E-state index in [-0.39, 0.29) is 5.91 Å². The number of amides is 1. The molecule has 2 aromatic rings. The number of nitrogens with zero attached hydrogens (tertiary/aromatic N) is 3. The van der Waals surface area contributed by atoms with Crippen LogP contribution in [-0.2, 0) is 4.79 Å². The Bertz CT molecular complexity index is 896. The second-order valence-corrected chi connectivity index (χ2v) is 7.90. The van der Waals surface area contributed by atoms with Gasteiger partial charge in [0.15, 0.2) is 0 Å². The van der Waals surface area contributed by atoms with E-state index < -0.39 is 0 Å². The molecule has 0 saturated carbocycles. The van der Waals surface area contributed by atoms with Crippen molar-refractivity contribution in [3.8, 4) is 0 Å². The third-order valence-electron chi connectivity index (χ3n) is 5.22. The monoisotopic (exact) mass is 425 g/mol. The first-order chi connectivity index (χ1) is 13.0. The van der Waals surface area contributed by atoms with Crippen LogP contribution in [0.3, 0.4) is 0 Å². The first-order valence-corrected chi connectivity index (χ1v) is 10.2. The summed E-state index contributed by atoms with van der Waals surface area (Å²) in [6.45, 7) is 4.32. The molecule has 1 amide bonds. The van der Waals surface area contributed by atoms with E-state index in [2.05, 4.69) is 44.7 Å². The minimum atomic E-state index is -0.0151. The Hall–Kier alpha value is -2.36. The van der Waals surface area contributed by atoms with E-state index in [1.807, 2.05) is 49.2 Å². The van der Waals surface area contributed by atoms with Gasteiger partial charge in [-0.1, -0.05) is 0 Å². The molecule has 138 valence electrons. The molecule has 2 heterocycles. The molecular weight excluding hydrogens is 401 g/mol. The van der Waals surface area contributed by atoms with Crippen LogP contribution in [0.25, 0.3) is 6.08 Å². The normalized spacial score (nSPS) is 18.9. The number of aryl methyl sites for hydroxylation is 1. The predicted octanol–water partition coefficient (Wildman–Crippen LogP) is 3.17. The van der Waals surface area contributed by atoms with Crippen molar-refractivity contribution in [2.75, 3.05) is 29.9 Å². The van der Waals surface area contributed by atoms with Crippen molar-refractivity contribution in [3.63, 3.8) is 0 Å². The van der Waals surface area contributed by atoms with Gasteiger partial charge < -0.3 is 0 Å². The molecule has 0 unspecified atom stereocenters. The van der Waals surface area contributed by atoms with Crippen molar-refractivity contribution >= 4 is 43.6 Å². The van der Waals surface area contributed by atoms with Crippen molar-refractivity contribution in [1.82, 2.24) is 4.90 Å². The number of carbonyl (C=O) groups excluding carboxylic acids is 1. The fraction of sp³-hybridized carbons (Fsp3) is 0.273. The molecule has 2 fully saturated rings. The van der Waals surface area contributed by atoms with Gasteiger partial charge in [-0.15, -0.1) is 0 Å². The third-order valence-corrected chi connectivity index (χ3v) is 6.18. The van der Waals surface area contributed by atoms with Gasteiger partial charge in [0.1, 0.15) is 0 Å². The summed E-state index contributed by atoms with van der Waals surface area (Å²) in [6, 6.07) is 16.5. The van der Waals surface area contributed by atoms with Crippen molar-refractivity contribution in [1.29, 1.82) is 0 Å². The fourth-order valence-electron chi connectivity index (χ4n) is 3.59. The molecule has 0 atom stereocenters. The van der Waals surface area contributed by atoms with Crippen LogP contribution >= 0.6 is 0 Å². The molecule has 0 bridgehead atoms. The Kier molecular flexibility index (Phi) is 4.90. The van der Waals surface area contributed by atoms with Gasteiger partial charge in [0, 0.05) is 0 Å². The van der Waals surface area contributed by atoms with Gasteiger partial charge in [-0.2, -0.15) is 0 Å². The van der Waals surface area contributed by atoms with E-state index >= 15 is 0 Å². The Labute approximate surface area is 168 Å². The van der Waals surface area contributed by atoms with Crippen molar-refractivity contribution < 1.29 is 4.79 Å². The summed E-state index contributed by atoms with van der Waals surface area (Å²) < 4.78 is 0.795.